The Bertz CT molecular complexity index is 819. The van der Waals surface area contributed by atoms with Gasteiger partial charge in [0.1, 0.15) is 12.3 Å². The van der Waals surface area contributed by atoms with Crippen LogP contribution in [0.3, 0.4) is 0 Å². The van der Waals surface area contributed by atoms with E-state index < -0.39 is 16.5 Å². The number of ether oxygens (including phenoxy) is 1. The third-order valence-corrected chi connectivity index (χ3v) is 4.24. The molecule has 26 heavy (non-hydrogen) atoms. The number of nitrogens with one attached hydrogen (secondary N) is 2. The molecule has 0 atom stereocenters. The highest BCUT2D eigenvalue weighted by atomic mass is 127. The molecule has 1 aliphatic rings. The Morgan fingerprint density at radius 1 is 1.54 bits per heavy atom. The number of aromatic nitrogens is 2. The van der Waals surface area contributed by atoms with Crippen molar-refractivity contribution in [1.29, 1.82) is 0 Å². The van der Waals surface area contributed by atoms with E-state index in [2.05, 4.69) is 15.3 Å². The van der Waals surface area contributed by atoms with Crippen molar-refractivity contribution < 1.29 is 18.3 Å². The zero-order chi connectivity index (χ0) is 18.7. The maximum Gasteiger partial charge on any atom is 0.321 e. The summed E-state index contributed by atoms with van der Waals surface area (Å²) in [4.78, 5) is 20.1. The van der Waals surface area contributed by atoms with Gasteiger partial charge in [-0.25, -0.2) is 9.78 Å². The Morgan fingerprint density at radius 3 is 3.00 bits per heavy atom. The quantitative estimate of drug-likeness (QED) is 0.522. The number of carbonyl (C=O) groups excluding carboxylic acids is 1. The summed E-state index contributed by atoms with van der Waals surface area (Å²) in [6, 6.07) is 4.41. The fourth-order valence-corrected chi connectivity index (χ4v) is 3.09. The van der Waals surface area contributed by atoms with Crippen molar-refractivity contribution in [3.63, 3.8) is 0 Å². The number of imidazole rings is 1. The smallest absolute Gasteiger partial charge is 0.321 e. The van der Waals surface area contributed by atoms with Gasteiger partial charge in [-0.05, 0) is 29.8 Å². The van der Waals surface area contributed by atoms with Crippen molar-refractivity contribution in [1.82, 2.24) is 15.3 Å². The number of alkyl halides is 3. The molecule has 0 unspecified atom stereocenters. The molecule has 2 aromatic rings. The SMILES string of the molecule is CNC(=O)N(CC(F)(F)I)c1ccc2c(c1)/C(=C/c1cnc[nH]1)CCO2. The third kappa shape index (κ3) is 4.32. The Hall–Kier alpha value is -2.17. The summed E-state index contributed by atoms with van der Waals surface area (Å²) in [6.07, 6.45) is 5.88. The van der Waals surface area contributed by atoms with Crippen LogP contribution >= 0.6 is 22.6 Å². The average Bonchev–Trinajstić information content (AvgIpc) is 3.11. The largest absolute Gasteiger partial charge is 0.493 e. The van der Waals surface area contributed by atoms with Crippen LogP contribution in [-0.4, -0.2) is 40.1 Å². The number of benzene rings is 1. The first-order valence-corrected chi connectivity index (χ1v) is 8.97. The molecule has 6 nitrogen and oxygen atoms in total. The number of hydrogen-bond acceptors (Lipinski definition) is 3. The maximum atomic E-state index is 13.5. The average molecular weight is 474 g/mol. The fourth-order valence-electron chi connectivity index (χ4n) is 2.75. The number of hydrogen-bond donors (Lipinski definition) is 2. The van der Waals surface area contributed by atoms with Crippen molar-refractivity contribution in [2.75, 3.05) is 25.1 Å². The predicted molar refractivity (Wildman–Crippen MR) is 104 cm³/mol. The van der Waals surface area contributed by atoms with Gasteiger partial charge in [-0.3, -0.25) is 4.90 Å². The van der Waals surface area contributed by atoms with Crippen LogP contribution < -0.4 is 15.0 Å². The van der Waals surface area contributed by atoms with E-state index in [0.717, 1.165) is 44.3 Å². The van der Waals surface area contributed by atoms with E-state index in [-0.39, 0.29) is 0 Å². The van der Waals surface area contributed by atoms with Gasteiger partial charge in [-0.1, -0.05) is 0 Å². The molecule has 2 N–H and O–H groups in total. The van der Waals surface area contributed by atoms with Gasteiger partial charge in [-0.2, -0.15) is 8.78 Å². The Morgan fingerprint density at radius 2 is 2.35 bits per heavy atom. The summed E-state index contributed by atoms with van der Waals surface area (Å²) in [5, 5.41) is 2.40. The number of H-pyrrole nitrogens is 1. The molecule has 0 aliphatic carbocycles. The van der Waals surface area contributed by atoms with Crippen molar-refractivity contribution in [2.24, 2.45) is 0 Å². The minimum absolute atomic E-state index is 0.375. The zero-order valence-electron chi connectivity index (χ0n) is 13.9. The molecule has 3 rings (SSSR count). The van der Waals surface area contributed by atoms with Crippen LogP contribution in [0, 0.1) is 0 Å². The van der Waals surface area contributed by atoms with E-state index >= 15 is 0 Å². The van der Waals surface area contributed by atoms with Crippen LogP contribution in [0.2, 0.25) is 0 Å². The summed E-state index contributed by atoms with van der Waals surface area (Å²) in [5.74, 6) is 0.656. The van der Waals surface area contributed by atoms with Crippen LogP contribution in [0.5, 0.6) is 5.75 Å². The van der Waals surface area contributed by atoms with Gasteiger partial charge in [-0.15, -0.1) is 0 Å². The van der Waals surface area contributed by atoms with Gasteiger partial charge < -0.3 is 15.0 Å². The van der Waals surface area contributed by atoms with E-state index in [1.54, 1.807) is 30.7 Å². The Kier molecular flexibility index (Phi) is 5.44. The first-order valence-electron chi connectivity index (χ1n) is 7.89. The molecule has 0 fully saturated rings. The number of urea groups is 1. The maximum absolute atomic E-state index is 13.5. The van der Waals surface area contributed by atoms with E-state index in [1.807, 2.05) is 6.08 Å². The van der Waals surface area contributed by atoms with E-state index in [0.29, 0.717) is 24.5 Å². The van der Waals surface area contributed by atoms with Gasteiger partial charge in [0.25, 0.3) is 0 Å². The molecule has 9 heteroatoms. The standard InChI is InChI=1S/C17H17F2IN4O2/c1-21-16(25)24(9-17(18,19)20)13-2-3-15-14(7-13)11(4-5-26-15)6-12-8-22-10-23-12/h2-3,6-8,10H,4-5,9H2,1H3,(H,21,25)(H,22,23)/b11-6+. The molecule has 0 radical (unpaired) electrons. The highest BCUT2D eigenvalue weighted by molar-refractivity contribution is 14.1. The summed E-state index contributed by atoms with van der Waals surface area (Å²) in [6.45, 7) is -0.205. The summed E-state index contributed by atoms with van der Waals surface area (Å²) in [7, 11) is 1.41. The molecule has 0 saturated carbocycles. The second-order valence-electron chi connectivity index (χ2n) is 5.71. The minimum atomic E-state index is -3.05. The molecule has 2 heterocycles. The molecule has 0 bridgehead atoms. The van der Waals surface area contributed by atoms with Crippen LogP contribution in [-0.2, 0) is 0 Å². The number of halogens is 3. The summed E-state index contributed by atoms with van der Waals surface area (Å²) >= 11 is 1.03. The minimum Gasteiger partial charge on any atom is -0.493 e. The van der Waals surface area contributed by atoms with Gasteiger partial charge in [0.05, 0.1) is 24.8 Å². The lowest BCUT2D eigenvalue weighted by Crippen LogP contribution is -2.43. The van der Waals surface area contributed by atoms with Gasteiger partial charge in [0, 0.05) is 47.3 Å². The number of aromatic amines is 1. The fraction of sp³-hybridized carbons (Fsp3) is 0.294. The Labute approximate surface area is 162 Å². The molecule has 1 aliphatic heterocycles. The molecule has 1 aromatic carbocycles. The van der Waals surface area contributed by atoms with Gasteiger partial charge in [0.2, 0.25) is 0 Å². The Balaban J connectivity index is 2.01. The normalized spacial score (nSPS) is 15.3. The zero-order valence-corrected chi connectivity index (χ0v) is 16.1. The molecule has 1 aromatic heterocycles. The van der Waals surface area contributed by atoms with Gasteiger partial charge >= 0.3 is 9.96 Å². The lowest BCUT2D eigenvalue weighted by molar-refractivity contribution is 0.134. The highest BCUT2D eigenvalue weighted by Crippen LogP contribution is 2.37. The lowest BCUT2D eigenvalue weighted by Gasteiger charge is -2.27. The molecule has 138 valence electrons. The number of anilines is 1. The van der Waals surface area contributed by atoms with E-state index in [4.69, 9.17) is 4.74 Å². The number of fused-ring (bicyclic) bond motifs is 1. The molecule has 0 spiro atoms. The topological polar surface area (TPSA) is 70.2 Å². The summed E-state index contributed by atoms with van der Waals surface area (Å²) in [5.41, 5.74) is 2.96. The summed E-state index contributed by atoms with van der Waals surface area (Å²) < 4.78 is 29.7. The van der Waals surface area contributed by atoms with Crippen molar-refractivity contribution >= 4 is 46.0 Å². The number of rotatable bonds is 4. The number of carbonyl (C=O) groups is 1. The first kappa shape index (κ1) is 18.6. The number of nitrogens with zero attached hydrogens (tertiary/aromatic N) is 2. The second kappa shape index (κ2) is 7.60. The molecular formula is C17H17F2IN4O2. The van der Waals surface area contributed by atoms with Crippen molar-refractivity contribution in [3.05, 3.63) is 42.0 Å². The van der Waals surface area contributed by atoms with Crippen LogP contribution in [0.1, 0.15) is 17.7 Å². The van der Waals surface area contributed by atoms with Crippen molar-refractivity contribution in [3.8, 4) is 5.75 Å². The molecule has 2 amide bonds. The van der Waals surface area contributed by atoms with E-state index in [1.165, 1.54) is 7.05 Å². The first-order chi connectivity index (χ1) is 12.4. The van der Waals surface area contributed by atoms with Crippen molar-refractivity contribution in [2.45, 2.75) is 10.4 Å². The van der Waals surface area contributed by atoms with Crippen LogP contribution in [0.25, 0.3) is 11.6 Å². The third-order valence-electron chi connectivity index (χ3n) is 3.90. The monoisotopic (exact) mass is 474 g/mol. The predicted octanol–water partition coefficient (Wildman–Crippen LogP) is 3.91. The number of amides is 2. The van der Waals surface area contributed by atoms with Gasteiger partial charge in [0.15, 0.2) is 0 Å². The van der Waals surface area contributed by atoms with Crippen LogP contribution in [0.15, 0.2) is 30.7 Å². The lowest BCUT2D eigenvalue weighted by atomic mass is 9.98. The highest BCUT2D eigenvalue weighted by Gasteiger charge is 2.31. The molecular weight excluding hydrogens is 457 g/mol. The van der Waals surface area contributed by atoms with Crippen LogP contribution in [0.4, 0.5) is 19.3 Å². The second-order valence-corrected chi connectivity index (χ2v) is 7.29. The molecule has 0 saturated heterocycles. The van der Waals surface area contributed by atoms with E-state index in [9.17, 15) is 13.6 Å².